The summed E-state index contributed by atoms with van der Waals surface area (Å²) in [5.74, 6) is 0.499. The highest BCUT2D eigenvalue weighted by Gasteiger charge is 2.16. The summed E-state index contributed by atoms with van der Waals surface area (Å²) >= 11 is 0. The second-order valence-corrected chi connectivity index (χ2v) is 6.95. The third-order valence-electron chi connectivity index (χ3n) is 4.66. The minimum absolute atomic E-state index is 0.00668. The molecule has 0 bridgehead atoms. The van der Waals surface area contributed by atoms with Gasteiger partial charge >= 0.3 is 0 Å². The average molecular weight is 377 g/mol. The van der Waals surface area contributed by atoms with Crippen LogP contribution >= 0.6 is 0 Å². The Labute approximate surface area is 166 Å². The second kappa shape index (κ2) is 10.4. The molecular weight excluding hydrogens is 348 g/mol. The maximum atomic E-state index is 12.4. The number of carbonyl (C=O) groups excluding carboxylic acids is 1. The molecule has 28 heavy (non-hydrogen) atoms. The smallest absolute Gasteiger partial charge is 0.225 e. The van der Waals surface area contributed by atoms with Gasteiger partial charge in [-0.3, -0.25) is 4.79 Å². The zero-order chi connectivity index (χ0) is 19.6. The first-order valence-electron chi connectivity index (χ1n) is 10.2. The molecule has 2 aromatic carbocycles. The molecule has 0 saturated heterocycles. The molecule has 0 saturated carbocycles. The fraction of sp³-hybridized carbons (Fsp3) is 0.348. The number of hydrogen-bond donors (Lipinski definition) is 1. The highest BCUT2D eigenvalue weighted by atomic mass is 16.1. The average Bonchev–Trinajstić information content (AvgIpc) is 3.15. The molecule has 1 aromatic heterocycles. The summed E-state index contributed by atoms with van der Waals surface area (Å²) in [4.78, 5) is 14.0. The van der Waals surface area contributed by atoms with E-state index in [1.165, 1.54) is 25.7 Å². The summed E-state index contributed by atoms with van der Waals surface area (Å²) in [5.41, 5.74) is 2.47. The van der Waals surface area contributed by atoms with E-state index in [2.05, 4.69) is 22.4 Å². The molecule has 0 spiro atoms. The van der Waals surface area contributed by atoms with Gasteiger partial charge in [0, 0.05) is 12.0 Å². The van der Waals surface area contributed by atoms with Gasteiger partial charge in [-0.15, -0.1) is 15.0 Å². The van der Waals surface area contributed by atoms with Crippen molar-refractivity contribution < 1.29 is 4.79 Å². The van der Waals surface area contributed by atoms with Crippen molar-refractivity contribution >= 4 is 11.7 Å². The van der Waals surface area contributed by atoms with E-state index in [-0.39, 0.29) is 5.91 Å². The molecule has 0 radical (unpaired) electrons. The number of rotatable bonds is 10. The lowest BCUT2D eigenvalue weighted by molar-refractivity contribution is -0.116. The summed E-state index contributed by atoms with van der Waals surface area (Å²) in [6, 6.07) is 19.5. The number of unbranched alkanes of at least 4 members (excludes halogenated alkanes) is 5. The number of amides is 1. The quantitative estimate of drug-likeness (QED) is 0.467. The van der Waals surface area contributed by atoms with E-state index in [0.29, 0.717) is 17.9 Å². The van der Waals surface area contributed by atoms with Crippen LogP contribution in [0.1, 0.15) is 51.9 Å². The maximum Gasteiger partial charge on any atom is 0.225 e. The molecule has 0 fully saturated rings. The highest BCUT2D eigenvalue weighted by Crippen LogP contribution is 2.25. The number of hydrogen-bond acceptors (Lipinski definition) is 3. The van der Waals surface area contributed by atoms with Crippen LogP contribution in [-0.4, -0.2) is 20.9 Å². The first-order valence-corrected chi connectivity index (χ1v) is 10.2. The topological polar surface area (TPSA) is 59.8 Å². The van der Waals surface area contributed by atoms with Gasteiger partial charge in [0.15, 0.2) is 5.82 Å². The van der Waals surface area contributed by atoms with Crippen molar-refractivity contribution in [2.45, 2.75) is 51.9 Å². The Bertz CT molecular complexity index is 859. The third-order valence-corrected chi connectivity index (χ3v) is 4.66. The van der Waals surface area contributed by atoms with Crippen molar-refractivity contribution in [2.24, 2.45) is 0 Å². The normalized spacial score (nSPS) is 10.8. The molecule has 0 aliphatic rings. The number of nitrogens with zero attached hydrogens (tertiary/aromatic N) is 3. The van der Waals surface area contributed by atoms with E-state index in [1.54, 1.807) is 4.80 Å². The standard InChI is InChI=1S/C23H28N4O/c1-2-3-4-5-6-13-18-21(28)24-23-22(19-14-9-7-10-15-19)25-27(26-23)20-16-11-8-12-17-20/h7-12,14-17H,2-6,13,18H2,1H3,(H,24,26,28). The number of nitrogens with one attached hydrogen (secondary N) is 1. The Kier molecular flexibility index (Phi) is 7.36. The van der Waals surface area contributed by atoms with Crippen LogP contribution in [0, 0.1) is 0 Å². The van der Waals surface area contributed by atoms with Crippen LogP contribution in [0.3, 0.4) is 0 Å². The Balaban J connectivity index is 1.70. The van der Waals surface area contributed by atoms with E-state index in [9.17, 15) is 4.79 Å². The predicted molar refractivity (Wildman–Crippen MR) is 113 cm³/mol. The fourth-order valence-electron chi connectivity index (χ4n) is 3.12. The lowest BCUT2D eigenvalue weighted by atomic mass is 10.1. The van der Waals surface area contributed by atoms with Gasteiger partial charge in [0.25, 0.3) is 0 Å². The minimum atomic E-state index is -0.00668. The van der Waals surface area contributed by atoms with Crippen LogP contribution in [0.5, 0.6) is 0 Å². The summed E-state index contributed by atoms with van der Waals surface area (Å²) in [6.07, 6.45) is 7.47. The lowest BCUT2D eigenvalue weighted by Gasteiger charge is -2.04. The van der Waals surface area contributed by atoms with Crippen molar-refractivity contribution in [2.75, 3.05) is 5.32 Å². The van der Waals surface area contributed by atoms with Crippen molar-refractivity contribution in [3.63, 3.8) is 0 Å². The molecule has 0 aliphatic carbocycles. The molecule has 0 atom stereocenters. The van der Waals surface area contributed by atoms with Gasteiger partial charge in [-0.2, -0.15) is 0 Å². The highest BCUT2D eigenvalue weighted by molar-refractivity contribution is 5.93. The Morgan fingerprint density at radius 3 is 2.21 bits per heavy atom. The van der Waals surface area contributed by atoms with E-state index in [0.717, 1.165) is 24.1 Å². The number of carbonyl (C=O) groups is 1. The molecular formula is C23H28N4O. The zero-order valence-corrected chi connectivity index (χ0v) is 16.5. The molecule has 1 amide bonds. The first-order chi connectivity index (χ1) is 13.8. The molecule has 3 rings (SSSR count). The van der Waals surface area contributed by atoms with Crippen LogP contribution in [0.4, 0.5) is 5.82 Å². The predicted octanol–water partition coefficient (Wildman–Crippen LogP) is 5.62. The molecule has 1 heterocycles. The lowest BCUT2D eigenvalue weighted by Crippen LogP contribution is -2.12. The van der Waals surface area contributed by atoms with Crippen LogP contribution in [0.25, 0.3) is 16.9 Å². The maximum absolute atomic E-state index is 12.4. The zero-order valence-electron chi connectivity index (χ0n) is 16.5. The minimum Gasteiger partial charge on any atom is -0.307 e. The van der Waals surface area contributed by atoms with Gasteiger partial charge in [0.05, 0.1) is 5.69 Å². The van der Waals surface area contributed by atoms with E-state index < -0.39 is 0 Å². The monoisotopic (exact) mass is 376 g/mol. The van der Waals surface area contributed by atoms with Crippen LogP contribution in [0.2, 0.25) is 0 Å². The largest absolute Gasteiger partial charge is 0.307 e. The first kappa shape index (κ1) is 19.8. The van der Waals surface area contributed by atoms with Crippen LogP contribution in [-0.2, 0) is 4.79 Å². The van der Waals surface area contributed by atoms with Crippen molar-refractivity contribution in [3.05, 3.63) is 60.7 Å². The third kappa shape index (κ3) is 5.52. The van der Waals surface area contributed by atoms with Gasteiger partial charge in [-0.25, -0.2) is 0 Å². The van der Waals surface area contributed by atoms with Gasteiger partial charge in [0.1, 0.15) is 5.69 Å². The summed E-state index contributed by atoms with van der Waals surface area (Å²) in [7, 11) is 0. The molecule has 3 aromatic rings. The Hall–Kier alpha value is -2.95. The molecule has 0 aliphatic heterocycles. The van der Waals surface area contributed by atoms with E-state index in [4.69, 9.17) is 0 Å². The number of aromatic nitrogens is 3. The molecule has 1 N–H and O–H groups in total. The number of benzene rings is 2. The number of anilines is 1. The SMILES string of the molecule is CCCCCCCCC(=O)Nc1nn(-c2ccccc2)nc1-c1ccccc1. The summed E-state index contributed by atoms with van der Waals surface area (Å²) < 4.78 is 0. The van der Waals surface area contributed by atoms with Gasteiger partial charge in [0.2, 0.25) is 5.91 Å². The van der Waals surface area contributed by atoms with Crippen molar-refractivity contribution in [1.29, 1.82) is 0 Å². The fourth-order valence-corrected chi connectivity index (χ4v) is 3.12. The number of para-hydroxylation sites is 1. The van der Waals surface area contributed by atoms with Gasteiger partial charge < -0.3 is 5.32 Å². The molecule has 5 heteroatoms. The Morgan fingerprint density at radius 2 is 1.50 bits per heavy atom. The van der Waals surface area contributed by atoms with Crippen LogP contribution < -0.4 is 5.32 Å². The van der Waals surface area contributed by atoms with Crippen molar-refractivity contribution in [1.82, 2.24) is 15.0 Å². The summed E-state index contributed by atoms with van der Waals surface area (Å²) in [5, 5.41) is 12.1. The van der Waals surface area contributed by atoms with E-state index in [1.807, 2.05) is 60.7 Å². The van der Waals surface area contributed by atoms with E-state index >= 15 is 0 Å². The van der Waals surface area contributed by atoms with Crippen LogP contribution in [0.15, 0.2) is 60.7 Å². The summed E-state index contributed by atoms with van der Waals surface area (Å²) in [6.45, 7) is 2.21. The molecule has 5 nitrogen and oxygen atoms in total. The van der Waals surface area contributed by atoms with Crippen molar-refractivity contribution in [3.8, 4) is 16.9 Å². The van der Waals surface area contributed by atoms with Gasteiger partial charge in [-0.05, 0) is 18.6 Å². The molecule has 0 unspecified atom stereocenters. The molecule has 146 valence electrons. The Morgan fingerprint density at radius 1 is 0.857 bits per heavy atom. The second-order valence-electron chi connectivity index (χ2n) is 6.95. The van der Waals surface area contributed by atoms with Gasteiger partial charge in [-0.1, -0.05) is 87.6 Å².